The lowest BCUT2D eigenvalue weighted by Gasteiger charge is -2.41. The molecule has 1 unspecified atom stereocenters. The van der Waals surface area contributed by atoms with Crippen molar-refractivity contribution in [1.29, 1.82) is 0 Å². The molecular formula is C81H102F5N9O5. The fourth-order valence-corrected chi connectivity index (χ4v) is 13.6. The summed E-state index contributed by atoms with van der Waals surface area (Å²) in [4.78, 5) is 50.7. The Hall–Kier alpha value is -8.52. The summed E-state index contributed by atoms with van der Waals surface area (Å²) in [5.74, 6) is -3.90. The molecule has 4 aliphatic rings. The SMILES string of the molecule is CC(F)(F)c1cccc(NC(=O)N(Cc2ccccc2)C2CCN(Cc3ccc4c(c3)OCCO4)CC2)c1.CC(F)(F)c1cccc(NC(=O)NC2CCN(Cc3ccc(F)cc3)CC2)c1.CCCC(C)N1CCC(N(Cc2ccccc2)C(=O)Nc2c(C(C)C)cccc2C(C)C)CC1. The second-order valence-corrected chi connectivity index (χ2v) is 27.8. The molecule has 14 nitrogen and oxygen atoms in total. The van der Waals surface area contributed by atoms with E-state index in [4.69, 9.17) is 9.47 Å². The Bertz CT molecular complexity index is 3670. The number of carbonyl (C=O) groups is 3. The Kier molecular flexibility index (Phi) is 27.4. The number of halogens is 5. The highest BCUT2D eigenvalue weighted by Gasteiger charge is 2.33. The van der Waals surface area contributed by atoms with Crippen LogP contribution >= 0.6 is 0 Å². The highest BCUT2D eigenvalue weighted by molar-refractivity contribution is 5.92. The lowest BCUT2D eigenvalue weighted by Crippen LogP contribution is -2.50. The molecule has 11 rings (SSSR count). The van der Waals surface area contributed by atoms with E-state index < -0.39 is 17.9 Å². The molecule has 0 aromatic heterocycles. The highest BCUT2D eigenvalue weighted by atomic mass is 19.3. The molecule has 0 spiro atoms. The number of carbonyl (C=O) groups excluding carboxylic acids is 3. The second-order valence-electron chi connectivity index (χ2n) is 27.8. The lowest BCUT2D eigenvalue weighted by molar-refractivity contribution is 0.0168. The van der Waals surface area contributed by atoms with Gasteiger partial charge in [0.2, 0.25) is 0 Å². The number of hydrogen-bond acceptors (Lipinski definition) is 8. The molecule has 3 fully saturated rings. The minimum atomic E-state index is -2.98. The monoisotopic (exact) mass is 1380 g/mol. The van der Waals surface area contributed by atoms with Crippen LogP contribution in [0.15, 0.2) is 170 Å². The Morgan fingerprint density at radius 3 is 1.48 bits per heavy atom. The first-order valence-electron chi connectivity index (χ1n) is 35.7. The zero-order valence-electron chi connectivity index (χ0n) is 59.4. The van der Waals surface area contributed by atoms with Gasteiger partial charge >= 0.3 is 18.1 Å². The lowest BCUT2D eigenvalue weighted by atomic mass is 9.92. The van der Waals surface area contributed by atoms with Gasteiger partial charge in [-0.25, -0.2) is 36.3 Å². The van der Waals surface area contributed by atoms with Crippen LogP contribution in [0.4, 0.5) is 53.4 Å². The number of anilines is 3. The van der Waals surface area contributed by atoms with Crippen molar-refractivity contribution < 1.29 is 45.8 Å². The normalized spacial score (nSPS) is 16.1. The molecule has 4 heterocycles. The molecule has 0 radical (unpaired) electrons. The number of urea groups is 3. The van der Waals surface area contributed by atoms with E-state index >= 15 is 0 Å². The van der Waals surface area contributed by atoms with Gasteiger partial charge in [-0.05, 0) is 146 Å². The summed E-state index contributed by atoms with van der Waals surface area (Å²) in [6.07, 6.45) is 7.73. The molecule has 0 saturated carbocycles. The third-order valence-electron chi connectivity index (χ3n) is 19.3. The summed E-state index contributed by atoms with van der Waals surface area (Å²) in [7, 11) is 0. The molecule has 4 aliphatic heterocycles. The smallest absolute Gasteiger partial charge is 0.322 e. The van der Waals surface area contributed by atoms with E-state index in [1.165, 1.54) is 77.6 Å². The van der Waals surface area contributed by atoms with Crippen LogP contribution in [0, 0.1) is 5.82 Å². The maximum absolute atomic E-state index is 13.9. The van der Waals surface area contributed by atoms with Crippen molar-refractivity contribution in [1.82, 2.24) is 29.8 Å². The summed E-state index contributed by atoms with van der Waals surface area (Å²) in [5.41, 5.74) is 8.28. The molecule has 536 valence electrons. The van der Waals surface area contributed by atoms with Crippen molar-refractivity contribution >= 4 is 35.2 Å². The van der Waals surface area contributed by atoms with E-state index in [0.717, 1.165) is 133 Å². The number of benzene rings is 7. The molecule has 0 bridgehead atoms. The summed E-state index contributed by atoms with van der Waals surface area (Å²) >= 11 is 0. The number of para-hydroxylation sites is 1. The number of nitrogens with zero attached hydrogens (tertiary/aromatic N) is 5. The van der Waals surface area contributed by atoms with Crippen molar-refractivity contribution in [2.75, 3.05) is 68.4 Å². The van der Waals surface area contributed by atoms with Crippen LogP contribution in [0.5, 0.6) is 11.5 Å². The molecule has 1 atom stereocenters. The predicted molar refractivity (Wildman–Crippen MR) is 390 cm³/mol. The van der Waals surface area contributed by atoms with Gasteiger partial charge in [0.1, 0.15) is 19.0 Å². The van der Waals surface area contributed by atoms with Crippen molar-refractivity contribution in [3.8, 4) is 11.5 Å². The first kappa shape index (κ1) is 75.7. The van der Waals surface area contributed by atoms with Gasteiger partial charge < -0.3 is 45.4 Å². The Labute approximate surface area is 589 Å². The van der Waals surface area contributed by atoms with Crippen LogP contribution in [0.3, 0.4) is 0 Å². The van der Waals surface area contributed by atoms with Gasteiger partial charge in [-0.15, -0.1) is 0 Å². The number of fused-ring (bicyclic) bond motifs is 1. The molecule has 3 saturated heterocycles. The number of piperidine rings is 3. The number of rotatable bonds is 21. The molecule has 100 heavy (non-hydrogen) atoms. The summed E-state index contributed by atoms with van der Waals surface area (Å²) in [5, 5.41) is 11.8. The molecular weight excluding hydrogens is 1270 g/mol. The Morgan fingerprint density at radius 2 is 0.970 bits per heavy atom. The van der Waals surface area contributed by atoms with Crippen LogP contribution in [-0.4, -0.2) is 119 Å². The maximum Gasteiger partial charge on any atom is 0.322 e. The highest BCUT2D eigenvalue weighted by Crippen LogP contribution is 2.36. The number of likely N-dealkylation sites (tertiary alicyclic amines) is 3. The van der Waals surface area contributed by atoms with E-state index in [2.05, 4.69) is 131 Å². The summed E-state index contributed by atoms with van der Waals surface area (Å²) < 4.78 is 78.8. The van der Waals surface area contributed by atoms with Gasteiger partial charge in [0, 0.05) is 132 Å². The quantitative estimate of drug-likeness (QED) is 0.0523. The van der Waals surface area contributed by atoms with Gasteiger partial charge in [0.15, 0.2) is 11.5 Å². The van der Waals surface area contributed by atoms with E-state index in [0.29, 0.717) is 55.6 Å². The third kappa shape index (κ3) is 22.5. The molecule has 7 aromatic carbocycles. The number of amides is 6. The zero-order chi connectivity index (χ0) is 71.3. The van der Waals surface area contributed by atoms with Crippen molar-refractivity contribution in [2.45, 2.75) is 181 Å². The number of ether oxygens (including phenoxy) is 2. The van der Waals surface area contributed by atoms with Crippen LogP contribution in [0.1, 0.15) is 163 Å². The van der Waals surface area contributed by atoms with E-state index in [9.17, 15) is 36.3 Å². The van der Waals surface area contributed by atoms with E-state index in [1.807, 2.05) is 53.4 Å². The largest absolute Gasteiger partial charge is 0.486 e. The van der Waals surface area contributed by atoms with Crippen molar-refractivity contribution in [3.05, 3.63) is 220 Å². The summed E-state index contributed by atoms with van der Waals surface area (Å²) in [6.45, 7) is 24.3. The predicted octanol–water partition coefficient (Wildman–Crippen LogP) is 18.6. The first-order valence-corrected chi connectivity index (χ1v) is 35.7. The van der Waals surface area contributed by atoms with Crippen LogP contribution in [-0.2, 0) is 38.0 Å². The average molecular weight is 1380 g/mol. The van der Waals surface area contributed by atoms with Crippen LogP contribution in [0.2, 0.25) is 0 Å². The minimum absolute atomic E-state index is 0.0268. The first-order chi connectivity index (χ1) is 48.0. The number of alkyl halides is 4. The average Bonchev–Trinajstić information content (AvgIpc) is 0.832. The second kappa shape index (κ2) is 36.2. The number of nitrogens with one attached hydrogen (secondary N) is 4. The Morgan fingerprint density at radius 1 is 0.510 bits per heavy atom. The molecule has 4 N–H and O–H groups in total. The van der Waals surface area contributed by atoms with Gasteiger partial charge in [0.05, 0.1) is 0 Å². The third-order valence-corrected chi connectivity index (χ3v) is 19.3. The topological polar surface area (TPSA) is 134 Å². The fraction of sp³-hybridized carbons (Fsp3) is 0.444. The van der Waals surface area contributed by atoms with Crippen molar-refractivity contribution in [3.63, 3.8) is 0 Å². The number of hydrogen-bond donors (Lipinski definition) is 4. The van der Waals surface area contributed by atoms with Crippen LogP contribution < -0.4 is 30.7 Å². The molecule has 19 heteroatoms. The van der Waals surface area contributed by atoms with Gasteiger partial charge in [-0.1, -0.05) is 162 Å². The van der Waals surface area contributed by atoms with E-state index in [1.54, 1.807) is 30.3 Å². The van der Waals surface area contributed by atoms with Gasteiger partial charge in [-0.2, -0.15) is 0 Å². The fourth-order valence-electron chi connectivity index (χ4n) is 13.6. The van der Waals surface area contributed by atoms with E-state index in [-0.39, 0.29) is 47.1 Å². The minimum Gasteiger partial charge on any atom is -0.486 e. The Balaban J connectivity index is 0.000000177. The van der Waals surface area contributed by atoms with Gasteiger partial charge in [0.25, 0.3) is 11.8 Å². The zero-order valence-corrected chi connectivity index (χ0v) is 59.4. The standard InChI is InChI=1S/C30H33F2N3O3.C30H45N3O.C21H24F3N3O/c1-30(31,32)24-8-5-9-25(19-24)33-29(36)35(21-22-6-3-2-4-7-22)26-12-14-34(15-13-26)20-23-10-11-27-28(18-23)38-17-16-37-27;1-7-12-24(6)32-19-17-26(18-20-32)33(21-25-13-9-8-10-14-25)30(34)31-29-27(22(2)3)15-11-16-28(29)23(4)5;1-21(23,24)16-3-2-4-19(13-16)26-20(28)25-18-9-11-27(12-10-18)14-15-5-7-17(22)8-6-15/h2-11,18-19,26H,12-17,20-21H2,1H3,(H,33,36);8-11,13-16,22-24,26H,7,12,17-21H2,1-6H3,(H,31,34);2-8,13,18H,9-12,14H2,1H3,(H2,25,26,28). The van der Waals surface area contributed by atoms with Gasteiger partial charge in [-0.3, -0.25) is 9.80 Å². The molecule has 0 aliphatic carbocycles. The molecule has 6 amide bonds. The maximum atomic E-state index is 13.9. The summed E-state index contributed by atoms with van der Waals surface area (Å²) in [6, 6.07) is 51.1. The van der Waals surface area contributed by atoms with Crippen LogP contribution in [0.25, 0.3) is 0 Å². The molecule has 7 aromatic rings. The van der Waals surface area contributed by atoms with Crippen molar-refractivity contribution in [2.24, 2.45) is 0 Å².